The van der Waals surface area contributed by atoms with Gasteiger partial charge in [0.2, 0.25) is 5.91 Å². The first kappa shape index (κ1) is 14.6. The fourth-order valence-electron chi connectivity index (χ4n) is 3.12. The molecule has 2 atom stereocenters. The first-order valence-corrected chi connectivity index (χ1v) is 7.42. The van der Waals surface area contributed by atoms with Gasteiger partial charge in [-0.15, -0.1) is 0 Å². The van der Waals surface area contributed by atoms with Gasteiger partial charge in [-0.2, -0.15) is 0 Å². The Balaban J connectivity index is 1.75. The molecule has 1 amide bonds. The van der Waals surface area contributed by atoms with Crippen LogP contribution < -0.4 is 5.73 Å². The van der Waals surface area contributed by atoms with Gasteiger partial charge in [0, 0.05) is 23.6 Å². The highest BCUT2D eigenvalue weighted by atomic mass is 16.4. The molecule has 6 heteroatoms. The average Bonchev–Trinajstić information content (AvgIpc) is 3.14. The Kier molecular flexibility index (Phi) is 3.85. The normalized spacial score (nSPS) is 19.5. The van der Waals surface area contributed by atoms with Gasteiger partial charge in [-0.05, 0) is 30.9 Å². The number of H-pyrrole nitrogens is 1. The number of amides is 1. The van der Waals surface area contributed by atoms with E-state index < -0.39 is 18.1 Å². The minimum Gasteiger partial charge on any atom is -0.480 e. The van der Waals surface area contributed by atoms with Crippen molar-refractivity contribution in [2.75, 3.05) is 6.54 Å². The van der Waals surface area contributed by atoms with Crippen LogP contribution in [0.5, 0.6) is 0 Å². The number of benzene rings is 1. The monoisotopic (exact) mass is 301 g/mol. The molecule has 0 spiro atoms. The Morgan fingerprint density at radius 1 is 1.41 bits per heavy atom. The smallest absolute Gasteiger partial charge is 0.326 e. The van der Waals surface area contributed by atoms with E-state index in [0.717, 1.165) is 16.5 Å². The number of carboxylic acids is 1. The lowest BCUT2D eigenvalue weighted by atomic mass is 10.0. The molecule has 116 valence electrons. The van der Waals surface area contributed by atoms with Crippen molar-refractivity contribution in [3.05, 3.63) is 36.0 Å². The highest BCUT2D eigenvalue weighted by Crippen LogP contribution is 2.22. The molecule has 22 heavy (non-hydrogen) atoms. The number of nitrogens with two attached hydrogens (primary N) is 1. The zero-order chi connectivity index (χ0) is 15.7. The Bertz CT molecular complexity index is 709. The van der Waals surface area contributed by atoms with Crippen LogP contribution >= 0.6 is 0 Å². The lowest BCUT2D eigenvalue weighted by Gasteiger charge is -2.24. The number of carboxylic acid groups (broad SMARTS) is 1. The predicted octanol–water partition coefficient (Wildman–Crippen LogP) is 1.11. The quantitative estimate of drug-likeness (QED) is 0.787. The fraction of sp³-hybridized carbons (Fsp3) is 0.375. The predicted molar refractivity (Wildman–Crippen MR) is 82.3 cm³/mol. The van der Waals surface area contributed by atoms with Crippen LogP contribution in [0.4, 0.5) is 0 Å². The van der Waals surface area contributed by atoms with Crippen LogP contribution in [0.1, 0.15) is 18.4 Å². The molecular formula is C16H19N3O3. The number of nitrogens with zero attached hydrogens (tertiary/aromatic N) is 1. The van der Waals surface area contributed by atoms with E-state index in [1.807, 2.05) is 30.5 Å². The van der Waals surface area contributed by atoms with Gasteiger partial charge in [-0.3, -0.25) is 4.79 Å². The van der Waals surface area contributed by atoms with E-state index in [-0.39, 0.29) is 5.91 Å². The lowest BCUT2D eigenvalue weighted by molar-refractivity contribution is -0.148. The Hall–Kier alpha value is -2.34. The third kappa shape index (κ3) is 2.57. The van der Waals surface area contributed by atoms with Crippen LogP contribution in [-0.2, 0) is 16.0 Å². The summed E-state index contributed by atoms with van der Waals surface area (Å²) in [5, 5.41) is 10.2. The van der Waals surface area contributed by atoms with E-state index in [2.05, 4.69) is 4.98 Å². The second kappa shape index (κ2) is 5.81. The SMILES string of the molecule is N[C@H](Cc1c[nH]c2ccccc12)C(=O)N1CCC[C@@H]1C(=O)O. The molecule has 2 heterocycles. The molecule has 1 fully saturated rings. The van der Waals surface area contributed by atoms with Gasteiger partial charge < -0.3 is 20.7 Å². The number of hydrogen-bond donors (Lipinski definition) is 3. The van der Waals surface area contributed by atoms with Crippen LogP contribution in [-0.4, -0.2) is 45.5 Å². The first-order chi connectivity index (χ1) is 10.6. The molecule has 2 aromatic rings. The van der Waals surface area contributed by atoms with Crippen molar-refractivity contribution in [3.8, 4) is 0 Å². The van der Waals surface area contributed by atoms with Crippen molar-refractivity contribution in [1.82, 2.24) is 9.88 Å². The van der Waals surface area contributed by atoms with Gasteiger partial charge >= 0.3 is 5.97 Å². The van der Waals surface area contributed by atoms with Gasteiger partial charge in [0.1, 0.15) is 6.04 Å². The number of rotatable bonds is 4. The minimum atomic E-state index is -0.954. The fourth-order valence-corrected chi connectivity index (χ4v) is 3.12. The summed E-state index contributed by atoms with van der Waals surface area (Å²) in [4.78, 5) is 28.2. The average molecular weight is 301 g/mol. The number of hydrogen-bond acceptors (Lipinski definition) is 3. The van der Waals surface area contributed by atoms with Gasteiger partial charge in [0.15, 0.2) is 0 Å². The van der Waals surface area contributed by atoms with Crippen molar-refractivity contribution in [2.24, 2.45) is 5.73 Å². The van der Waals surface area contributed by atoms with Crippen LogP contribution in [0.25, 0.3) is 10.9 Å². The molecule has 0 bridgehead atoms. The number of likely N-dealkylation sites (tertiary alicyclic amines) is 1. The highest BCUT2D eigenvalue weighted by molar-refractivity contribution is 5.89. The summed E-state index contributed by atoms with van der Waals surface area (Å²) in [7, 11) is 0. The summed E-state index contributed by atoms with van der Waals surface area (Å²) in [6.07, 6.45) is 3.46. The maximum Gasteiger partial charge on any atom is 0.326 e. The van der Waals surface area contributed by atoms with Crippen LogP contribution in [0, 0.1) is 0 Å². The molecule has 1 aromatic heterocycles. The topological polar surface area (TPSA) is 99.4 Å². The largest absolute Gasteiger partial charge is 0.480 e. The minimum absolute atomic E-state index is 0.282. The van der Waals surface area contributed by atoms with Crippen molar-refractivity contribution in [3.63, 3.8) is 0 Å². The van der Waals surface area contributed by atoms with E-state index in [0.29, 0.717) is 25.8 Å². The summed E-state index contributed by atoms with van der Waals surface area (Å²) in [5.41, 5.74) is 8.02. The van der Waals surface area contributed by atoms with E-state index in [4.69, 9.17) is 5.73 Å². The Labute approximate surface area is 127 Å². The zero-order valence-corrected chi connectivity index (χ0v) is 12.2. The summed E-state index contributed by atoms with van der Waals surface area (Å²) in [5.74, 6) is -1.24. The van der Waals surface area contributed by atoms with Crippen molar-refractivity contribution < 1.29 is 14.7 Å². The van der Waals surface area contributed by atoms with E-state index >= 15 is 0 Å². The maximum atomic E-state index is 12.4. The zero-order valence-electron chi connectivity index (χ0n) is 12.2. The molecule has 0 aliphatic carbocycles. The number of fused-ring (bicyclic) bond motifs is 1. The third-order valence-electron chi connectivity index (χ3n) is 4.25. The Morgan fingerprint density at radius 3 is 2.95 bits per heavy atom. The van der Waals surface area contributed by atoms with Gasteiger partial charge in [-0.1, -0.05) is 18.2 Å². The molecular weight excluding hydrogens is 282 g/mol. The number of aliphatic carboxylic acids is 1. The summed E-state index contributed by atoms with van der Waals surface area (Å²) >= 11 is 0. The van der Waals surface area contributed by atoms with Gasteiger partial charge in [-0.25, -0.2) is 4.79 Å². The summed E-state index contributed by atoms with van der Waals surface area (Å²) in [6.45, 7) is 0.470. The number of carbonyl (C=O) groups excluding carboxylic acids is 1. The van der Waals surface area contributed by atoms with Gasteiger partial charge in [0.25, 0.3) is 0 Å². The van der Waals surface area contributed by atoms with E-state index in [9.17, 15) is 14.7 Å². The standard InChI is InChI=1S/C16H19N3O3/c17-12(15(20)19-7-3-6-14(19)16(21)22)8-10-9-18-13-5-2-1-4-11(10)13/h1-2,4-5,9,12,14,18H,3,6-8,17H2,(H,21,22)/t12-,14-/m1/s1. The van der Waals surface area contributed by atoms with Crippen molar-refractivity contribution >= 4 is 22.8 Å². The van der Waals surface area contributed by atoms with Crippen LogP contribution in [0.3, 0.4) is 0 Å². The summed E-state index contributed by atoms with van der Waals surface area (Å²) < 4.78 is 0. The number of para-hydroxylation sites is 1. The highest BCUT2D eigenvalue weighted by Gasteiger charge is 2.36. The maximum absolute atomic E-state index is 12.4. The molecule has 4 N–H and O–H groups in total. The molecule has 1 saturated heterocycles. The van der Waals surface area contributed by atoms with E-state index in [1.165, 1.54) is 4.90 Å². The first-order valence-electron chi connectivity index (χ1n) is 7.42. The second-order valence-corrected chi connectivity index (χ2v) is 5.70. The molecule has 1 aromatic carbocycles. The third-order valence-corrected chi connectivity index (χ3v) is 4.25. The van der Waals surface area contributed by atoms with Gasteiger partial charge in [0.05, 0.1) is 6.04 Å². The number of carbonyl (C=O) groups is 2. The summed E-state index contributed by atoms with van der Waals surface area (Å²) in [6, 6.07) is 6.37. The molecule has 1 aliphatic rings. The lowest BCUT2D eigenvalue weighted by Crippen LogP contribution is -2.49. The van der Waals surface area contributed by atoms with Crippen molar-refractivity contribution in [2.45, 2.75) is 31.3 Å². The molecule has 6 nitrogen and oxygen atoms in total. The number of aromatic nitrogens is 1. The van der Waals surface area contributed by atoms with Crippen molar-refractivity contribution in [1.29, 1.82) is 0 Å². The molecule has 0 unspecified atom stereocenters. The second-order valence-electron chi connectivity index (χ2n) is 5.70. The number of aromatic amines is 1. The molecule has 0 saturated carbocycles. The number of nitrogens with one attached hydrogen (secondary N) is 1. The van der Waals surface area contributed by atoms with Crippen LogP contribution in [0.15, 0.2) is 30.5 Å². The molecule has 0 radical (unpaired) electrons. The molecule has 1 aliphatic heterocycles. The Morgan fingerprint density at radius 2 is 2.18 bits per heavy atom. The van der Waals surface area contributed by atoms with Crippen LogP contribution in [0.2, 0.25) is 0 Å². The molecule has 3 rings (SSSR count). The van der Waals surface area contributed by atoms with E-state index in [1.54, 1.807) is 0 Å².